The van der Waals surface area contributed by atoms with Crippen LogP contribution in [0, 0.1) is 24.2 Å². The van der Waals surface area contributed by atoms with Crippen LogP contribution >= 0.6 is 13.4 Å². The number of anilines is 1. The number of aliphatic hydroxyl groups is 2. The molecule has 0 radical (unpaired) electrons. The number of aromatic nitrogens is 8. The molecule has 2 saturated heterocycles. The predicted molar refractivity (Wildman–Crippen MR) is 167 cm³/mol. The van der Waals surface area contributed by atoms with Crippen molar-refractivity contribution in [3.63, 3.8) is 0 Å². The maximum absolute atomic E-state index is 12.5. The molecule has 252 valence electrons. The standard InChI is InChI=1S/C24H29N9O10P2S2/c1-9-30-21-14(22(36)31-9)29-8-33(21)23-17-10(3-34)12(41-23)4-39-44(37,46)43-18-16(35)15(11-2-24(11,18)5-40-45(38,47)42-17)32-7-28-13-19(25)26-6-27-20(13)32/h6-8,10-12,15-18,23,34-35H,2-5H2,1H3,(H,37,46)(H,38,47)(H2,25,26,27)(H,30,31,36)/t10-,11-,12-,15-,16+,17-,18+,23-,24-,44?,45?/m1/s1. The monoisotopic (exact) mass is 729 g/mol. The Morgan fingerprint density at radius 3 is 2.62 bits per heavy atom. The molecule has 1 spiro atoms. The Kier molecular flexibility index (Phi) is 7.51. The summed E-state index contributed by atoms with van der Waals surface area (Å²) >= 11 is 10.9. The lowest BCUT2D eigenvalue weighted by Gasteiger charge is -2.32. The SMILES string of the molecule is Cc1nc2c(ncn2[C@@H]2O[C@@H]3COP(O)(=S)O[C@H]4[C@@H](O)[C@H](n5cnc6c(N)ncnc65)[C@H]5C[C@@]54COP(O)(=S)O[C@@H]2[C@@H]3CO)c(=O)[nH]1. The fraction of sp³-hybridized carbons (Fsp3) is 0.583. The molecule has 0 aromatic carbocycles. The normalized spacial score (nSPS) is 40.4. The van der Waals surface area contributed by atoms with E-state index in [0.29, 0.717) is 23.4 Å². The molecule has 2 bridgehead atoms. The van der Waals surface area contributed by atoms with Crippen LogP contribution in [0.2, 0.25) is 0 Å². The van der Waals surface area contributed by atoms with Crippen molar-refractivity contribution in [1.29, 1.82) is 0 Å². The van der Waals surface area contributed by atoms with Crippen LogP contribution in [0.5, 0.6) is 0 Å². The molecule has 2 unspecified atom stereocenters. The van der Waals surface area contributed by atoms with E-state index in [-0.39, 0.29) is 36.1 Å². The first kappa shape index (κ1) is 31.9. The number of imidazole rings is 2. The summed E-state index contributed by atoms with van der Waals surface area (Å²) in [7, 11) is 0. The van der Waals surface area contributed by atoms with E-state index in [1.807, 2.05) is 0 Å². The van der Waals surface area contributed by atoms with Gasteiger partial charge in [0.1, 0.15) is 36.0 Å². The lowest BCUT2D eigenvalue weighted by atomic mass is 9.99. The predicted octanol–water partition coefficient (Wildman–Crippen LogP) is -0.471. The molecule has 2 saturated carbocycles. The second-order valence-corrected chi connectivity index (χ2v) is 17.7. The van der Waals surface area contributed by atoms with Crippen LogP contribution in [-0.4, -0.2) is 103 Å². The van der Waals surface area contributed by atoms with Crippen molar-refractivity contribution in [1.82, 2.24) is 39.0 Å². The highest BCUT2D eigenvalue weighted by Gasteiger charge is 2.73. The zero-order valence-corrected chi connectivity index (χ0v) is 27.8. The summed E-state index contributed by atoms with van der Waals surface area (Å²) in [5.41, 5.74) is 5.49. The molecule has 7 N–H and O–H groups in total. The summed E-state index contributed by atoms with van der Waals surface area (Å²) < 4.78 is 33.2. The zero-order valence-electron chi connectivity index (χ0n) is 24.3. The maximum Gasteiger partial charge on any atom is 0.324 e. The van der Waals surface area contributed by atoms with E-state index in [1.165, 1.54) is 23.5 Å². The molecule has 2 aliphatic carbocycles. The number of hydrogen-bond acceptors (Lipinski definition) is 16. The number of rotatable bonds is 3. The van der Waals surface area contributed by atoms with Crippen LogP contribution in [0.1, 0.15) is 24.5 Å². The number of nitrogens with two attached hydrogens (primary N) is 1. The Morgan fingerprint density at radius 2 is 1.83 bits per heavy atom. The molecule has 47 heavy (non-hydrogen) atoms. The Balaban J connectivity index is 1.15. The van der Waals surface area contributed by atoms with E-state index in [9.17, 15) is 24.8 Å². The molecule has 0 amide bonds. The van der Waals surface area contributed by atoms with Gasteiger partial charge in [-0.2, -0.15) is 0 Å². The van der Waals surface area contributed by atoms with Gasteiger partial charge in [-0.05, 0) is 42.9 Å². The number of nitrogens with zero attached hydrogens (tertiary/aromatic N) is 7. The first-order valence-corrected chi connectivity index (χ1v) is 19.6. The number of nitrogen functional groups attached to an aromatic ring is 1. The molecule has 19 nitrogen and oxygen atoms in total. The minimum atomic E-state index is -4.10. The molecule has 8 rings (SSSR count). The number of hydrogen-bond donors (Lipinski definition) is 6. The van der Waals surface area contributed by atoms with Gasteiger partial charge in [0.2, 0.25) is 0 Å². The highest BCUT2D eigenvalue weighted by atomic mass is 32.5. The van der Waals surface area contributed by atoms with Crippen molar-refractivity contribution in [3.05, 3.63) is 35.2 Å². The summed E-state index contributed by atoms with van der Waals surface area (Å²) in [6.45, 7) is -7.70. The Bertz CT molecular complexity index is 2060. The summed E-state index contributed by atoms with van der Waals surface area (Å²) in [6, 6.07) is -0.653. The van der Waals surface area contributed by atoms with E-state index in [2.05, 4.69) is 29.9 Å². The molecule has 4 aromatic heterocycles. The third-order valence-corrected chi connectivity index (χ3v) is 12.5. The second-order valence-electron chi connectivity index (χ2n) is 12.1. The van der Waals surface area contributed by atoms with Gasteiger partial charge in [-0.3, -0.25) is 9.36 Å². The summed E-state index contributed by atoms with van der Waals surface area (Å²) in [4.78, 5) is 59.0. The number of aromatic amines is 1. The average molecular weight is 730 g/mol. The van der Waals surface area contributed by atoms with Gasteiger partial charge < -0.3 is 58.1 Å². The fourth-order valence-corrected chi connectivity index (χ4v) is 10.2. The number of ether oxygens (including phenoxy) is 1. The molecule has 4 aliphatic rings. The smallest absolute Gasteiger partial charge is 0.324 e. The van der Waals surface area contributed by atoms with Crippen molar-refractivity contribution in [2.75, 3.05) is 25.6 Å². The third-order valence-electron chi connectivity index (χ3n) is 9.46. The van der Waals surface area contributed by atoms with Crippen LogP contribution in [0.15, 0.2) is 23.8 Å². The van der Waals surface area contributed by atoms with Gasteiger partial charge in [0.05, 0.1) is 44.6 Å². The van der Waals surface area contributed by atoms with Gasteiger partial charge in [-0.1, -0.05) is 0 Å². The van der Waals surface area contributed by atoms with Gasteiger partial charge in [0, 0.05) is 11.3 Å². The summed E-state index contributed by atoms with van der Waals surface area (Å²) in [5, 5.41) is 22.1. The number of aryl methyl sites for hydroxylation is 1. The van der Waals surface area contributed by atoms with E-state index in [4.69, 9.17) is 52.2 Å². The van der Waals surface area contributed by atoms with Crippen molar-refractivity contribution < 1.29 is 42.8 Å². The van der Waals surface area contributed by atoms with Gasteiger partial charge in [0.25, 0.3) is 5.56 Å². The highest BCUT2D eigenvalue weighted by molar-refractivity contribution is 8.07. The van der Waals surface area contributed by atoms with Crippen LogP contribution in [0.25, 0.3) is 22.3 Å². The topological polar surface area (TPSA) is 260 Å². The minimum Gasteiger partial charge on any atom is -0.396 e. The Labute approximate surface area is 274 Å². The molecule has 23 heteroatoms. The molecule has 2 aliphatic heterocycles. The number of H-pyrrole nitrogens is 1. The van der Waals surface area contributed by atoms with E-state index in [1.54, 1.807) is 11.5 Å². The lowest BCUT2D eigenvalue weighted by Crippen LogP contribution is -2.38. The minimum absolute atomic E-state index is 0.0330. The highest BCUT2D eigenvalue weighted by Crippen LogP contribution is 2.72. The maximum atomic E-state index is 12.5. The Hall–Kier alpha value is -2.36. The first-order chi connectivity index (χ1) is 22.3. The second kappa shape index (κ2) is 11.1. The summed E-state index contributed by atoms with van der Waals surface area (Å²) in [5.74, 6) is -0.698. The number of aliphatic hydroxyl groups excluding tert-OH is 2. The van der Waals surface area contributed by atoms with Crippen LogP contribution in [0.4, 0.5) is 5.82 Å². The number of fused-ring (bicyclic) bond motifs is 4. The molecule has 11 atom stereocenters. The molecule has 4 fully saturated rings. The van der Waals surface area contributed by atoms with Gasteiger partial charge in [0.15, 0.2) is 28.9 Å². The first-order valence-electron chi connectivity index (χ1n) is 14.4. The molecule has 4 aromatic rings. The van der Waals surface area contributed by atoms with Crippen molar-refractivity contribution in [2.45, 2.75) is 50.0 Å². The van der Waals surface area contributed by atoms with Crippen molar-refractivity contribution in [2.24, 2.45) is 17.3 Å². The molecular weight excluding hydrogens is 700 g/mol. The molecule has 6 heterocycles. The fourth-order valence-electron chi connectivity index (χ4n) is 7.23. The van der Waals surface area contributed by atoms with Crippen LogP contribution in [-0.2, 0) is 46.4 Å². The third kappa shape index (κ3) is 5.11. The zero-order chi connectivity index (χ0) is 33.0. The van der Waals surface area contributed by atoms with Crippen LogP contribution < -0.4 is 11.3 Å². The quantitative estimate of drug-likeness (QED) is 0.146. The van der Waals surface area contributed by atoms with E-state index >= 15 is 0 Å². The largest absolute Gasteiger partial charge is 0.396 e. The van der Waals surface area contributed by atoms with E-state index in [0.717, 1.165) is 0 Å². The number of nitrogens with one attached hydrogen (secondary N) is 1. The van der Waals surface area contributed by atoms with Crippen molar-refractivity contribution in [3.8, 4) is 0 Å². The van der Waals surface area contributed by atoms with Gasteiger partial charge >= 0.3 is 13.4 Å². The van der Waals surface area contributed by atoms with Crippen molar-refractivity contribution >= 4 is 65.2 Å². The van der Waals surface area contributed by atoms with Crippen LogP contribution in [0.3, 0.4) is 0 Å². The lowest BCUT2D eigenvalue weighted by molar-refractivity contribution is -0.0581. The summed E-state index contributed by atoms with van der Waals surface area (Å²) in [6.07, 6.45) is -1.04. The van der Waals surface area contributed by atoms with E-state index < -0.39 is 73.6 Å². The molecular formula is C24H29N9O10P2S2. The van der Waals surface area contributed by atoms with Gasteiger partial charge in [-0.15, -0.1) is 0 Å². The average Bonchev–Trinajstić information content (AvgIpc) is 3.30. The Morgan fingerprint density at radius 1 is 1.09 bits per heavy atom. The van der Waals surface area contributed by atoms with Gasteiger partial charge in [-0.25, -0.2) is 24.9 Å².